The van der Waals surface area contributed by atoms with Gasteiger partial charge in [-0.15, -0.1) is 0 Å². The van der Waals surface area contributed by atoms with Crippen molar-refractivity contribution in [2.45, 2.75) is 81.2 Å². The van der Waals surface area contributed by atoms with Gasteiger partial charge in [-0.25, -0.2) is 0 Å². The molecule has 67 heavy (non-hydrogen) atoms. The van der Waals surface area contributed by atoms with Crippen molar-refractivity contribution >= 4 is 0 Å². The molecule has 344 valence electrons. The van der Waals surface area contributed by atoms with Crippen LogP contribution in [0.2, 0.25) is 0 Å². The second-order valence-electron chi connectivity index (χ2n) is 16.8. The second kappa shape index (κ2) is 23.3. The third-order valence-corrected chi connectivity index (χ3v) is 12.3. The molecule has 9 nitrogen and oxygen atoms in total. The molecule has 2 aliphatic heterocycles. The summed E-state index contributed by atoms with van der Waals surface area (Å²) in [5.74, 6) is 0. The molecule has 0 saturated carbocycles. The van der Waals surface area contributed by atoms with Gasteiger partial charge in [0.15, 0.2) is 12.6 Å². The van der Waals surface area contributed by atoms with Crippen molar-refractivity contribution in [1.82, 2.24) is 0 Å². The molecule has 2 aliphatic rings. The van der Waals surface area contributed by atoms with Crippen molar-refractivity contribution < 1.29 is 42.6 Å². The Bertz CT molecular complexity index is 2370. The van der Waals surface area contributed by atoms with Gasteiger partial charge in [0.1, 0.15) is 42.2 Å². The number of rotatable bonds is 22. The van der Waals surface area contributed by atoms with E-state index >= 15 is 0 Å². The van der Waals surface area contributed by atoms with Gasteiger partial charge in [-0.1, -0.05) is 212 Å². The molecule has 7 aromatic carbocycles. The summed E-state index contributed by atoms with van der Waals surface area (Å²) in [5.41, 5.74) is 6.02. The van der Waals surface area contributed by atoms with Crippen LogP contribution in [0, 0.1) is 0 Å². The summed E-state index contributed by atoms with van der Waals surface area (Å²) < 4.78 is 60.8. The maximum atomic E-state index is 7.39. The standard InChI is InChI=1S/C58H58O9/c1-59-56-54(62-39-45-27-13-4-14-28-45)52(60-37-43-23-9-2-10-24-43)50(66-56)41-64-57-55(63-40-46-29-15-5-16-30-46)53(61-38-44-25-11-3-12-26-44)51(67-57)42-65-58(47-31-17-6-18-32-47,48-33-19-7-20-34-48)49-35-21-8-22-36-49/h2-36,50-57H,37-42H2,1H3/t50-,51-,52-,53-,54+,55+,56+,57+/m1/s1. The normalized spacial score (nSPS) is 22.8. The van der Waals surface area contributed by atoms with Crippen molar-refractivity contribution in [1.29, 1.82) is 0 Å². The van der Waals surface area contributed by atoms with Crippen LogP contribution in [0.5, 0.6) is 0 Å². The monoisotopic (exact) mass is 898 g/mol. The van der Waals surface area contributed by atoms with Crippen molar-refractivity contribution in [3.8, 4) is 0 Å². The van der Waals surface area contributed by atoms with Crippen LogP contribution in [-0.4, -0.2) is 69.5 Å². The molecule has 7 aromatic rings. The zero-order valence-electron chi connectivity index (χ0n) is 37.7. The SMILES string of the molecule is CO[C@H]1O[C@H](CO[C@H]2O[C@H](COC(c3ccccc3)(c3ccccc3)c3ccccc3)[C@@H](OCc3ccccc3)[C@@H]2OCc2ccccc2)[C@@H](OCc2ccccc2)[C@@H]1OCc1ccccc1. The fraction of sp³-hybridized carbons (Fsp3) is 0.276. The Labute approximate surface area is 394 Å². The zero-order valence-corrected chi connectivity index (χ0v) is 37.7. The highest BCUT2D eigenvalue weighted by molar-refractivity contribution is 5.47. The summed E-state index contributed by atoms with van der Waals surface area (Å²) >= 11 is 0. The van der Waals surface area contributed by atoms with Crippen LogP contribution in [0.25, 0.3) is 0 Å². The van der Waals surface area contributed by atoms with Gasteiger partial charge in [0.05, 0.1) is 39.6 Å². The Morgan fingerprint density at radius 2 is 0.642 bits per heavy atom. The predicted molar refractivity (Wildman–Crippen MR) is 256 cm³/mol. The largest absolute Gasteiger partial charge is 0.368 e. The van der Waals surface area contributed by atoms with Gasteiger partial charge < -0.3 is 42.6 Å². The molecule has 9 heteroatoms. The number of hydrogen-bond donors (Lipinski definition) is 0. The Kier molecular flexibility index (Phi) is 16.1. The van der Waals surface area contributed by atoms with E-state index < -0.39 is 54.8 Å². The average Bonchev–Trinajstić information content (AvgIpc) is 3.93. The maximum absolute atomic E-state index is 7.39. The molecule has 2 heterocycles. The molecule has 0 unspecified atom stereocenters. The minimum absolute atomic E-state index is 0.0847. The molecule has 2 saturated heterocycles. The van der Waals surface area contributed by atoms with Crippen molar-refractivity contribution in [3.05, 3.63) is 251 Å². The van der Waals surface area contributed by atoms with Gasteiger partial charge >= 0.3 is 0 Å². The highest BCUT2D eigenvalue weighted by Crippen LogP contribution is 2.42. The molecule has 0 radical (unpaired) electrons. The highest BCUT2D eigenvalue weighted by atomic mass is 16.8. The van der Waals surface area contributed by atoms with Gasteiger partial charge in [-0.2, -0.15) is 0 Å². The maximum Gasteiger partial charge on any atom is 0.187 e. The van der Waals surface area contributed by atoms with Crippen LogP contribution >= 0.6 is 0 Å². The Morgan fingerprint density at radius 1 is 0.343 bits per heavy atom. The van der Waals surface area contributed by atoms with Crippen LogP contribution in [-0.2, 0) is 74.7 Å². The molecule has 8 atom stereocenters. The van der Waals surface area contributed by atoms with Crippen molar-refractivity contribution in [2.75, 3.05) is 20.3 Å². The molecular weight excluding hydrogens is 841 g/mol. The first-order chi connectivity index (χ1) is 33.2. The minimum Gasteiger partial charge on any atom is -0.368 e. The highest BCUT2D eigenvalue weighted by Gasteiger charge is 2.51. The van der Waals surface area contributed by atoms with Gasteiger partial charge in [-0.05, 0) is 38.9 Å². The lowest BCUT2D eigenvalue weighted by Crippen LogP contribution is -2.43. The van der Waals surface area contributed by atoms with Gasteiger partial charge in [0.2, 0.25) is 0 Å². The molecule has 0 spiro atoms. The average molecular weight is 899 g/mol. The van der Waals surface area contributed by atoms with E-state index in [1.807, 2.05) is 164 Å². The zero-order chi connectivity index (χ0) is 45.5. The fourth-order valence-corrected chi connectivity index (χ4v) is 8.96. The van der Waals surface area contributed by atoms with E-state index in [2.05, 4.69) is 48.5 Å². The van der Waals surface area contributed by atoms with E-state index in [-0.39, 0.29) is 13.2 Å². The first-order valence-corrected chi connectivity index (χ1v) is 23.1. The van der Waals surface area contributed by atoms with E-state index in [4.69, 9.17) is 42.6 Å². The van der Waals surface area contributed by atoms with E-state index in [0.29, 0.717) is 26.4 Å². The molecule has 2 fully saturated rings. The smallest absolute Gasteiger partial charge is 0.187 e. The van der Waals surface area contributed by atoms with E-state index in [1.165, 1.54) is 0 Å². The van der Waals surface area contributed by atoms with Crippen LogP contribution < -0.4 is 0 Å². The fourth-order valence-electron chi connectivity index (χ4n) is 8.96. The minimum atomic E-state index is -0.999. The van der Waals surface area contributed by atoms with E-state index in [9.17, 15) is 0 Å². The lowest BCUT2D eigenvalue weighted by molar-refractivity contribution is -0.213. The van der Waals surface area contributed by atoms with Gasteiger partial charge in [0.25, 0.3) is 0 Å². The van der Waals surface area contributed by atoms with Crippen LogP contribution in [0.15, 0.2) is 212 Å². The van der Waals surface area contributed by atoms with Crippen LogP contribution in [0.4, 0.5) is 0 Å². The summed E-state index contributed by atoms with van der Waals surface area (Å²) in [6.07, 6.45) is -5.21. The van der Waals surface area contributed by atoms with Crippen molar-refractivity contribution in [2.24, 2.45) is 0 Å². The molecule has 0 aliphatic carbocycles. The summed E-state index contributed by atoms with van der Waals surface area (Å²) in [6, 6.07) is 71.3. The molecular formula is C58H58O9. The number of hydrogen-bond acceptors (Lipinski definition) is 9. The molecule has 0 amide bonds. The predicted octanol–water partition coefficient (Wildman–Crippen LogP) is 10.4. The number of benzene rings is 7. The lowest BCUT2D eigenvalue weighted by Gasteiger charge is -2.37. The summed E-state index contributed by atoms with van der Waals surface area (Å²) in [5, 5.41) is 0. The van der Waals surface area contributed by atoms with E-state index in [1.54, 1.807) is 7.11 Å². The molecule has 9 rings (SSSR count). The van der Waals surface area contributed by atoms with Crippen LogP contribution in [0.1, 0.15) is 38.9 Å². The quantitative estimate of drug-likeness (QED) is 0.0618. The number of ether oxygens (including phenoxy) is 9. The van der Waals surface area contributed by atoms with Gasteiger partial charge in [0, 0.05) is 7.11 Å². The van der Waals surface area contributed by atoms with E-state index in [0.717, 1.165) is 38.9 Å². The Morgan fingerprint density at radius 3 is 1.00 bits per heavy atom. The molecule has 0 bridgehead atoms. The topological polar surface area (TPSA) is 83.1 Å². The molecule has 0 aromatic heterocycles. The Hall–Kier alpha value is -5.82. The first kappa shape index (κ1) is 46.3. The van der Waals surface area contributed by atoms with Gasteiger partial charge in [-0.3, -0.25) is 0 Å². The molecule has 0 N–H and O–H groups in total. The summed E-state index contributed by atoms with van der Waals surface area (Å²) in [4.78, 5) is 0. The summed E-state index contributed by atoms with van der Waals surface area (Å²) in [7, 11) is 1.62. The Balaban J connectivity index is 1.03. The van der Waals surface area contributed by atoms with Crippen molar-refractivity contribution in [3.63, 3.8) is 0 Å². The van der Waals surface area contributed by atoms with Crippen LogP contribution in [0.3, 0.4) is 0 Å². The number of methoxy groups -OCH3 is 1. The third kappa shape index (κ3) is 11.5. The third-order valence-electron chi connectivity index (χ3n) is 12.3. The summed E-state index contributed by atoms with van der Waals surface area (Å²) in [6.45, 7) is 1.54. The lowest BCUT2D eigenvalue weighted by atomic mass is 9.80. The first-order valence-electron chi connectivity index (χ1n) is 23.1. The second-order valence-corrected chi connectivity index (χ2v) is 16.8.